The minimum atomic E-state index is -0.263. The molecule has 0 saturated carbocycles. The molecular formula is C48H33N5. The normalized spacial score (nSPS) is 12.5. The van der Waals surface area contributed by atoms with E-state index >= 15 is 0 Å². The zero-order valence-corrected chi connectivity index (χ0v) is 29.3. The van der Waals surface area contributed by atoms with Gasteiger partial charge >= 0.3 is 0 Å². The van der Waals surface area contributed by atoms with Gasteiger partial charge in [0.1, 0.15) is 0 Å². The van der Waals surface area contributed by atoms with Crippen LogP contribution in [0.15, 0.2) is 164 Å². The fourth-order valence-electron chi connectivity index (χ4n) is 7.44. The average molecular weight is 680 g/mol. The van der Waals surface area contributed by atoms with Gasteiger partial charge in [0.25, 0.3) is 0 Å². The lowest BCUT2D eigenvalue weighted by atomic mass is 9.81. The molecule has 5 nitrogen and oxygen atoms in total. The molecule has 8 aromatic rings. The molecule has 0 radical (unpaired) electrons. The highest BCUT2D eigenvalue weighted by molar-refractivity contribution is 5.86. The zero-order chi connectivity index (χ0) is 35.9. The van der Waals surface area contributed by atoms with Gasteiger partial charge in [0.2, 0.25) is 0 Å². The van der Waals surface area contributed by atoms with Crippen molar-refractivity contribution in [3.8, 4) is 84.7 Å². The molecule has 0 saturated heterocycles. The van der Waals surface area contributed by atoms with Gasteiger partial charge in [-0.2, -0.15) is 5.26 Å². The van der Waals surface area contributed by atoms with Crippen molar-refractivity contribution >= 4 is 0 Å². The number of nitriles is 1. The highest BCUT2D eigenvalue weighted by Crippen LogP contribution is 2.50. The van der Waals surface area contributed by atoms with Gasteiger partial charge in [0.15, 0.2) is 17.5 Å². The fraction of sp³-hybridized carbons (Fsp3) is 0.0625. The van der Waals surface area contributed by atoms with E-state index in [0.717, 1.165) is 50.1 Å². The van der Waals surface area contributed by atoms with Crippen LogP contribution in [0.1, 0.15) is 30.5 Å². The number of nitrogens with zero attached hydrogens (tertiary/aromatic N) is 5. The van der Waals surface area contributed by atoms with Crippen molar-refractivity contribution < 1.29 is 0 Å². The Hall–Kier alpha value is -7.03. The lowest BCUT2D eigenvalue weighted by molar-refractivity contribution is 0.660. The summed E-state index contributed by atoms with van der Waals surface area (Å²) in [6.45, 7) is 4.48. The Labute approximate surface area is 309 Å². The molecule has 0 atom stereocenters. The third-order valence-electron chi connectivity index (χ3n) is 10.2. The Morgan fingerprint density at radius 3 is 1.60 bits per heavy atom. The largest absolute Gasteiger partial charge is 0.265 e. The van der Waals surface area contributed by atoms with Crippen molar-refractivity contribution in [2.24, 2.45) is 0 Å². The predicted molar refractivity (Wildman–Crippen MR) is 213 cm³/mol. The minimum absolute atomic E-state index is 0.263. The van der Waals surface area contributed by atoms with Crippen molar-refractivity contribution in [1.29, 1.82) is 5.26 Å². The number of benzene rings is 6. The molecular weight excluding hydrogens is 647 g/mol. The van der Waals surface area contributed by atoms with E-state index in [1.165, 1.54) is 22.3 Å². The SMILES string of the molecule is CC1(C)c2cc(C#N)ccc2-c2ccc(-c3cc(-c4ccncc4)cc(-c4nc(-c5ccccc5)nc(-c5cccc(-c6ccccc6)c5)n4)c3)cc21. The molecule has 1 aliphatic rings. The van der Waals surface area contributed by atoms with Crippen LogP contribution in [0, 0.1) is 11.3 Å². The summed E-state index contributed by atoms with van der Waals surface area (Å²) < 4.78 is 0. The summed E-state index contributed by atoms with van der Waals surface area (Å²) in [7, 11) is 0. The second-order valence-corrected chi connectivity index (χ2v) is 13.9. The second kappa shape index (κ2) is 12.9. The van der Waals surface area contributed by atoms with E-state index < -0.39 is 0 Å². The number of hydrogen-bond acceptors (Lipinski definition) is 5. The zero-order valence-electron chi connectivity index (χ0n) is 29.3. The first-order chi connectivity index (χ1) is 25.9. The van der Waals surface area contributed by atoms with Crippen molar-refractivity contribution in [2.75, 3.05) is 0 Å². The summed E-state index contributed by atoms with van der Waals surface area (Å²) in [4.78, 5) is 19.6. The number of fused-ring (bicyclic) bond motifs is 3. The minimum Gasteiger partial charge on any atom is -0.265 e. The maximum Gasteiger partial charge on any atom is 0.164 e. The molecule has 53 heavy (non-hydrogen) atoms. The van der Waals surface area contributed by atoms with Crippen LogP contribution < -0.4 is 0 Å². The lowest BCUT2D eigenvalue weighted by Gasteiger charge is -2.22. The Morgan fingerprint density at radius 2 is 0.906 bits per heavy atom. The topological polar surface area (TPSA) is 75.3 Å². The van der Waals surface area contributed by atoms with Crippen LogP contribution in [-0.2, 0) is 5.41 Å². The molecule has 2 aromatic heterocycles. The Bertz CT molecular complexity index is 2700. The van der Waals surface area contributed by atoms with E-state index in [-0.39, 0.29) is 5.41 Å². The molecule has 9 rings (SSSR count). The van der Waals surface area contributed by atoms with Gasteiger partial charge in [0.05, 0.1) is 11.6 Å². The maximum atomic E-state index is 9.64. The highest BCUT2D eigenvalue weighted by Gasteiger charge is 2.36. The molecule has 5 heteroatoms. The van der Waals surface area contributed by atoms with Crippen molar-refractivity contribution in [3.05, 3.63) is 181 Å². The van der Waals surface area contributed by atoms with E-state index in [1.807, 2.05) is 73.1 Å². The number of aromatic nitrogens is 4. The molecule has 1 aliphatic carbocycles. The predicted octanol–water partition coefficient (Wildman–Crippen LogP) is 11.4. The molecule has 0 spiro atoms. The van der Waals surface area contributed by atoms with Gasteiger partial charge in [-0.3, -0.25) is 4.98 Å². The highest BCUT2D eigenvalue weighted by atomic mass is 15.0. The van der Waals surface area contributed by atoms with Crippen LogP contribution in [0.3, 0.4) is 0 Å². The first-order valence-electron chi connectivity index (χ1n) is 17.7. The number of hydrogen-bond donors (Lipinski definition) is 0. The summed E-state index contributed by atoms with van der Waals surface area (Å²) >= 11 is 0. The molecule has 0 fully saturated rings. The summed E-state index contributed by atoms with van der Waals surface area (Å²) in [6.07, 6.45) is 3.64. The van der Waals surface area contributed by atoms with E-state index in [2.05, 4.69) is 116 Å². The lowest BCUT2D eigenvalue weighted by Crippen LogP contribution is -2.15. The third-order valence-corrected chi connectivity index (χ3v) is 10.2. The molecule has 0 N–H and O–H groups in total. The van der Waals surface area contributed by atoms with Crippen molar-refractivity contribution in [3.63, 3.8) is 0 Å². The van der Waals surface area contributed by atoms with Crippen LogP contribution in [-0.4, -0.2) is 19.9 Å². The van der Waals surface area contributed by atoms with Crippen LogP contribution in [0.4, 0.5) is 0 Å². The average Bonchev–Trinajstić information content (AvgIpc) is 3.46. The fourth-order valence-corrected chi connectivity index (χ4v) is 7.44. The van der Waals surface area contributed by atoms with Crippen molar-refractivity contribution in [2.45, 2.75) is 19.3 Å². The molecule has 0 unspecified atom stereocenters. The van der Waals surface area contributed by atoms with Crippen LogP contribution in [0.5, 0.6) is 0 Å². The van der Waals surface area contributed by atoms with Gasteiger partial charge in [-0.25, -0.2) is 15.0 Å². The maximum absolute atomic E-state index is 9.64. The smallest absolute Gasteiger partial charge is 0.164 e. The molecule has 0 aliphatic heterocycles. The first kappa shape index (κ1) is 31.9. The van der Waals surface area contributed by atoms with Crippen LogP contribution in [0.2, 0.25) is 0 Å². The third kappa shape index (κ3) is 5.87. The van der Waals surface area contributed by atoms with Crippen LogP contribution in [0.25, 0.3) is 78.7 Å². The number of pyridine rings is 1. The number of rotatable bonds is 6. The molecule has 6 aromatic carbocycles. The van der Waals surface area contributed by atoms with E-state index in [0.29, 0.717) is 23.0 Å². The van der Waals surface area contributed by atoms with Gasteiger partial charge in [0, 0.05) is 34.5 Å². The van der Waals surface area contributed by atoms with Gasteiger partial charge < -0.3 is 0 Å². The summed E-state index contributed by atoms with van der Waals surface area (Å²) in [6, 6.07) is 54.5. The Kier molecular flexibility index (Phi) is 7.79. The molecule has 0 amide bonds. The standard InChI is InChI=1S/C48H33N5/c1-48(2)43-24-31(30-49)16-18-41(43)42-19-17-36(29-44(42)48)39-26-38(33-20-22-50-23-21-33)27-40(28-39)47-52-45(34-12-7-4-8-13-34)51-46(53-47)37-15-9-14-35(25-37)32-10-5-3-6-11-32/h3-29H,1-2H3. The van der Waals surface area contributed by atoms with E-state index in [4.69, 9.17) is 15.0 Å². The summed E-state index contributed by atoms with van der Waals surface area (Å²) in [5.74, 6) is 1.81. The van der Waals surface area contributed by atoms with Gasteiger partial charge in [-0.15, -0.1) is 0 Å². The molecule has 250 valence electrons. The monoisotopic (exact) mass is 679 g/mol. The van der Waals surface area contributed by atoms with E-state index in [1.54, 1.807) is 0 Å². The summed E-state index contributed by atoms with van der Waals surface area (Å²) in [5.41, 5.74) is 14.4. The van der Waals surface area contributed by atoms with E-state index in [9.17, 15) is 5.26 Å². The summed E-state index contributed by atoms with van der Waals surface area (Å²) in [5, 5.41) is 9.64. The second-order valence-electron chi connectivity index (χ2n) is 13.9. The van der Waals surface area contributed by atoms with Gasteiger partial charge in [-0.05, 0) is 110 Å². The molecule has 2 heterocycles. The van der Waals surface area contributed by atoms with Crippen LogP contribution >= 0.6 is 0 Å². The van der Waals surface area contributed by atoms with Gasteiger partial charge in [-0.1, -0.05) is 111 Å². The Balaban J connectivity index is 1.22. The van der Waals surface area contributed by atoms with Crippen molar-refractivity contribution in [1.82, 2.24) is 19.9 Å². The molecule has 0 bridgehead atoms. The Morgan fingerprint density at radius 1 is 0.415 bits per heavy atom. The first-order valence-corrected chi connectivity index (χ1v) is 17.7. The quantitative estimate of drug-likeness (QED) is 0.175.